The van der Waals surface area contributed by atoms with Crippen LogP contribution in [0.4, 0.5) is 0 Å². The molecule has 0 amide bonds. The van der Waals surface area contributed by atoms with Crippen LogP contribution >= 0.6 is 0 Å². The zero-order chi connectivity index (χ0) is 6.91. The molecular weight excluding hydrogens is 110 g/mol. The fourth-order valence-electron chi connectivity index (χ4n) is 1.16. The molecule has 0 saturated carbocycles. The van der Waals surface area contributed by atoms with Gasteiger partial charge in [-0.3, -0.25) is 0 Å². The minimum Gasteiger partial charge on any atom is -0.388 e. The number of piperidine rings is 1. The van der Waals surface area contributed by atoms with Gasteiger partial charge in [0.15, 0.2) is 0 Å². The third-order valence-electron chi connectivity index (χ3n) is 2.13. The summed E-state index contributed by atoms with van der Waals surface area (Å²) in [5.74, 6) is 0. The maximum absolute atomic E-state index is 3.96. The molecule has 1 aliphatic heterocycles. The minimum absolute atomic E-state index is 0.332. The second kappa shape index (κ2) is 2.05. The summed E-state index contributed by atoms with van der Waals surface area (Å²) in [4.78, 5) is 0. The molecule has 0 bridgehead atoms. The van der Waals surface area contributed by atoms with E-state index in [-0.39, 0.29) is 0 Å². The molecule has 0 aromatic heterocycles. The van der Waals surface area contributed by atoms with E-state index < -0.39 is 0 Å². The van der Waals surface area contributed by atoms with Crippen molar-refractivity contribution >= 4 is 0 Å². The lowest BCUT2D eigenvalue weighted by molar-refractivity contribution is 0.329. The van der Waals surface area contributed by atoms with Gasteiger partial charge in [0.25, 0.3) is 0 Å². The first-order chi connectivity index (χ1) is 4.13. The van der Waals surface area contributed by atoms with E-state index in [4.69, 9.17) is 0 Å². The highest BCUT2D eigenvalue weighted by molar-refractivity contribution is 5.06. The molecule has 0 aromatic carbocycles. The zero-order valence-electron chi connectivity index (χ0n) is 6.33. The van der Waals surface area contributed by atoms with Gasteiger partial charge >= 0.3 is 0 Å². The molecule has 1 heterocycles. The molecule has 52 valence electrons. The van der Waals surface area contributed by atoms with Crippen molar-refractivity contribution in [1.29, 1.82) is 0 Å². The highest BCUT2D eigenvalue weighted by atomic mass is 14.9. The average molecular weight is 125 g/mol. The molecule has 1 fully saturated rings. The van der Waals surface area contributed by atoms with Crippen molar-refractivity contribution in [3.05, 3.63) is 12.3 Å². The predicted molar refractivity (Wildman–Crippen MR) is 40.2 cm³/mol. The Bertz CT molecular complexity index is 125. The van der Waals surface area contributed by atoms with Crippen LogP contribution in [0.2, 0.25) is 0 Å². The van der Waals surface area contributed by atoms with Crippen molar-refractivity contribution < 1.29 is 0 Å². The first-order valence-corrected chi connectivity index (χ1v) is 3.56. The molecule has 0 atom stereocenters. The third-order valence-corrected chi connectivity index (χ3v) is 2.13. The molecule has 1 nitrogen and oxygen atoms in total. The summed E-state index contributed by atoms with van der Waals surface area (Å²) in [6.07, 6.45) is 2.56. The van der Waals surface area contributed by atoms with Gasteiger partial charge in [0, 0.05) is 17.7 Å². The van der Waals surface area contributed by atoms with Crippen LogP contribution in [0.1, 0.15) is 26.7 Å². The van der Waals surface area contributed by atoms with Crippen LogP contribution in [0.15, 0.2) is 12.3 Å². The summed E-state index contributed by atoms with van der Waals surface area (Å²) in [6, 6.07) is 0. The lowest BCUT2D eigenvalue weighted by Gasteiger charge is -2.32. The number of hydrogen-bond acceptors (Lipinski definition) is 1. The normalized spacial score (nSPS) is 25.3. The predicted octanol–water partition coefficient (Wildman–Crippen LogP) is 1.91. The molecule has 1 rings (SSSR count). The van der Waals surface area contributed by atoms with Crippen LogP contribution in [0, 0.1) is 5.41 Å². The molecular formula is C8H15N. The van der Waals surface area contributed by atoms with E-state index in [0.717, 1.165) is 6.54 Å². The highest BCUT2D eigenvalue weighted by Crippen LogP contribution is 2.31. The molecule has 1 aliphatic rings. The van der Waals surface area contributed by atoms with Crippen LogP contribution < -0.4 is 5.32 Å². The number of rotatable bonds is 0. The first kappa shape index (κ1) is 6.66. The monoisotopic (exact) mass is 125 g/mol. The van der Waals surface area contributed by atoms with Crippen molar-refractivity contribution in [3.8, 4) is 0 Å². The second-order valence-electron chi connectivity index (χ2n) is 3.39. The average Bonchev–Trinajstić information content (AvgIpc) is 1.77. The van der Waals surface area contributed by atoms with Crippen molar-refractivity contribution in [3.63, 3.8) is 0 Å². The lowest BCUT2D eigenvalue weighted by atomic mass is 9.82. The van der Waals surface area contributed by atoms with Gasteiger partial charge in [0.1, 0.15) is 0 Å². The Hall–Kier alpha value is -0.460. The van der Waals surface area contributed by atoms with E-state index in [2.05, 4.69) is 25.7 Å². The minimum atomic E-state index is 0.332. The van der Waals surface area contributed by atoms with Gasteiger partial charge in [-0.05, 0) is 12.8 Å². The first-order valence-electron chi connectivity index (χ1n) is 3.56. The van der Waals surface area contributed by atoms with Crippen molar-refractivity contribution in [2.45, 2.75) is 26.7 Å². The topological polar surface area (TPSA) is 12.0 Å². The van der Waals surface area contributed by atoms with Crippen LogP contribution in [-0.4, -0.2) is 6.54 Å². The van der Waals surface area contributed by atoms with E-state index in [1.807, 2.05) is 0 Å². The Morgan fingerprint density at radius 3 is 2.56 bits per heavy atom. The molecule has 0 unspecified atom stereocenters. The molecule has 9 heavy (non-hydrogen) atoms. The highest BCUT2D eigenvalue weighted by Gasteiger charge is 2.24. The van der Waals surface area contributed by atoms with E-state index >= 15 is 0 Å². The Balaban J connectivity index is 2.60. The Morgan fingerprint density at radius 1 is 1.56 bits per heavy atom. The van der Waals surface area contributed by atoms with Gasteiger partial charge < -0.3 is 5.32 Å². The van der Waals surface area contributed by atoms with E-state index in [1.54, 1.807) is 0 Å². The molecule has 0 spiro atoms. The summed E-state index contributed by atoms with van der Waals surface area (Å²) < 4.78 is 0. The number of hydrogen-bond donors (Lipinski definition) is 1. The smallest absolute Gasteiger partial charge is 0.0144 e. The van der Waals surface area contributed by atoms with Crippen molar-refractivity contribution in [2.24, 2.45) is 5.41 Å². The molecule has 0 radical (unpaired) electrons. The van der Waals surface area contributed by atoms with Crippen LogP contribution in [0.5, 0.6) is 0 Å². The largest absolute Gasteiger partial charge is 0.388 e. The second-order valence-corrected chi connectivity index (χ2v) is 3.39. The summed E-state index contributed by atoms with van der Waals surface area (Å²) in [7, 11) is 0. The zero-order valence-corrected chi connectivity index (χ0v) is 6.33. The molecule has 0 aromatic rings. The SMILES string of the molecule is C=C1NCCCC1(C)C. The van der Waals surface area contributed by atoms with Gasteiger partial charge in [-0.15, -0.1) is 0 Å². The van der Waals surface area contributed by atoms with Gasteiger partial charge in [-0.2, -0.15) is 0 Å². The van der Waals surface area contributed by atoms with Crippen LogP contribution in [0.3, 0.4) is 0 Å². The van der Waals surface area contributed by atoms with E-state index in [9.17, 15) is 0 Å². The van der Waals surface area contributed by atoms with Gasteiger partial charge in [-0.25, -0.2) is 0 Å². The maximum Gasteiger partial charge on any atom is 0.0144 e. The summed E-state index contributed by atoms with van der Waals surface area (Å²) in [5, 5.41) is 3.28. The number of nitrogens with one attached hydrogen (secondary N) is 1. The maximum atomic E-state index is 3.96. The van der Waals surface area contributed by atoms with E-state index in [1.165, 1.54) is 18.5 Å². The fourth-order valence-corrected chi connectivity index (χ4v) is 1.16. The quantitative estimate of drug-likeness (QED) is 0.521. The fraction of sp³-hybridized carbons (Fsp3) is 0.750. The van der Waals surface area contributed by atoms with Crippen molar-refractivity contribution in [1.82, 2.24) is 5.32 Å². The molecule has 1 N–H and O–H groups in total. The Labute approximate surface area is 57.1 Å². The van der Waals surface area contributed by atoms with Gasteiger partial charge in [0.05, 0.1) is 0 Å². The lowest BCUT2D eigenvalue weighted by Crippen LogP contribution is -2.32. The van der Waals surface area contributed by atoms with Crippen LogP contribution in [-0.2, 0) is 0 Å². The Morgan fingerprint density at radius 2 is 2.22 bits per heavy atom. The Kier molecular flexibility index (Phi) is 1.52. The van der Waals surface area contributed by atoms with Gasteiger partial charge in [0.2, 0.25) is 0 Å². The molecule has 1 saturated heterocycles. The molecule has 1 heteroatoms. The standard InChI is InChI=1S/C8H15N/c1-7-8(2,3)5-4-6-9-7/h9H,1,4-6H2,2-3H3. The van der Waals surface area contributed by atoms with Crippen LogP contribution in [0.25, 0.3) is 0 Å². The molecule has 0 aliphatic carbocycles. The third kappa shape index (κ3) is 1.26. The van der Waals surface area contributed by atoms with Crippen molar-refractivity contribution in [2.75, 3.05) is 6.54 Å². The summed E-state index contributed by atoms with van der Waals surface area (Å²) >= 11 is 0. The number of allylic oxidation sites excluding steroid dienone is 1. The van der Waals surface area contributed by atoms with E-state index in [0.29, 0.717) is 5.41 Å². The van der Waals surface area contributed by atoms with Gasteiger partial charge in [-0.1, -0.05) is 20.4 Å². The summed E-state index contributed by atoms with van der Waals surface area (Å²) in [5.41, 5.74) is 1.53. The summed E-state index contributed by atoms with van der Waals surface area (Å²) in [6.45, 7) is 9.54.